The van der Waals surface area contributed by atoms with Gasteiger partial charge < -0.3 is 5.32 Å². The van der Waals surface area contributed by atoms with E-state index in [0.717, 1.165) is 21.3 Å². The molecule has 1 N–H and O–H groups in total. The third kappa shape index (κ3) is 3.54. The summed E-state index contributed by atoms with van der Waals surface area (Å²) in [5.41, 5.74) is 3.42. The molecule has 0 saturated heterocycles. The Morgan fingerprint density at radius 3 is 2.60 bits per heavy atom. The Balaban J connectivity index is 2.32. The van der Waals surface area contributed by atoms with Crippen molar-refractivity contribution in [2.24, 2.45) is 0 Å². The lowest BCUT2D eigenvalue weighted by molar-refractivity contribution is 0.102. The van der Waals surface area contributed by atoms with Gasteiger partial charge in [0.25, 0.3) is 5.91 Å². The summed E-state index contributed by atoms with van der Waals surface area (Å²) in [6.45, 7) is 3.99. The van der Waals surface area contributed by atoms with Crippen LogP contribution in [0, 0.1) is 17.4 Å². The molecule has 0 spiro atoms. The second-order valence-electron chi connectivity index (χ2n) is 4.49. The first-order valence-electron chi connectivity index (χ1n) is 5.91. The topological polar surface area (TPSA) is 29.1 Å². The van der Waals surface area contributed by atoms with E-state index in [1.165, 1.54) is 3.57 Å². The van der Waals surface area contributed by atoms with Crippen LogP contribution >= 0.6 is 50.1 Å². The molecule has 2 rings (SSSR count). The fourth-order valence-corrected chi connectivity index (χ4v) is 2.96. The van der Waals surface area contributed by atoms with Gasteiger partial charge >= 0.3 is 0 Å². The van der Waals surface area contributed by atoms with E-state index in [0.29, 0.717) is 10.6 Å². The van der Waals surface area contributed by atoms with Gasteiger partial charge in [-0.05, 0) is 77.9 Å². The van der Waals surface area contributed by atoms with Crippen molar-refractivity contribution < 1.29 is 4.79 Å². The lowest BCUT2D eigenvalue weighted by atomic mass is 10.1. The van der Waals surface area contributed by atoms with Crippen LogP contribution in [0.1, 0.15) is 21.5 Å². The van der Waals surface area contributed by atoms with Crippen LogP contribution in [0.25, 0.3) is 0 Å². The number of anilines is 1. The summed E-state index contributed by atoms with van der Waals surface area (Å²) in [4.78, 5) is 12.3. The van der Waals surface area contributed by atoms with Crippen molar-refractivity contribution in [1.29, 1.82) is 0 Å². The molecule has 0 atom stereocenters. The first-order valence-corrected chi connectivity index (χ1v) is 8.16. The normalized spacial score (nSPS) is 10.4. The van der Waals surface area contributed by atoms with Crippen LogP contribution in [0.5, 0.6) is 0 Å². The molecule has 0 fully saturated rings. The molecule has 0 aliphatic rings. The molecular formula is C15H12BrClINO. The van der Waals surface area contributed by atoms with Gasteiger partial charge in [0.1, 0.15) is 0 Å². The number of carbonyl (C=O) groups is 1. The predicted molar refractivity (Wildman–Crippen MR) is 95.7 cm³/mol. The van der Waals surface area contributed by atoms with E-state index in [4.69, 9.17) is 11.6 Å². The molecular weight excluding hydrogens is 452 g/mol. The first-order chi connectivity index (χ1) is 9.38. The summed E-state index contributed by atoms with van der Waals surface area (Å²) in [6, 6.07) is 9.24. The van der Waals surface area contributed by atoms with Gasteiger partial charge in [0.2, 0.25) is 0 Å². The van der Waals surface area contributed by atoms with E-state index < -0.39 is 0 Å². The molecule has 2 aromatic rings. The van der Waals surface area contributed by atoms with Gasteiger partial charge in [-0.25, -0.2) is 0 Å². The molecule has 2 nitrogen and oxygen atoms in total. The third-order valence-electron chi connectivity index (χ3n) is 2.93. The van der Waals surface area contributed by atoms with Crippen molar-refractivity contribution in [3.05, 3.63) is 60.1 Å². The number of nitrogens with one attached hydrogen (secondary N) is 1. The van der Waals surface area contributed by atoms with Gasteiger partial charge in [0.05, 0.1) is 10.6 Å². The van der Waals surface area contributed by atoms with Gasteiger partial charge in [-0.15, -0.1) is 0 Å². The average Bonchev–Trinajstić information content (AvgIpc) is 2.38. The van der Waals surface area contributed by atoms with Crippen LogP contribution in [0.15, 0.2) is 34.8 Å². The molecule has 20 heavy (non-hydrogen) atoms. The van der Waals surface area contributed by atoms with E-state index in [-0.39, 0.29) is 5.91 Å². The average molecular weight is 465 g/mol. The highest BCUT2D eigenvalue weighted by Gasteiger charge is 2.13. The minimum Gasteiger partial charge on any atom is -0.322 e. The highest BCUT2D eigenvalue weighted by Crippen LogP contribution is 2.25. The summed E-state index contributed by atoms with van der Waals surface area (Å²) < 4.78 is 2.00. The zero-order valence-electron chi connectivity index (χ0n) is 10.9. The fourth-order valence-electron chi connectivity index (χ4n) is 1.78. The van der Waals surface area contributed by atoms with Crippen molar-refractivity contribution in [3.8, 4) is 0 Å². The van der Waals surface area contributed by atoms with Gasteiger partial charge in [-0.3, -0.25) is 4.79 Å². The Kier molecular flexibility index (Phi) is 5.09. The Bertz CT molecular complexity index is 688. The summed E-state index contributed by atoms with van der Waals surface area (Å²) in [7, 11) is 0. The van der Waals surface area contributed by atoms with Crippen LogP contribution in [0.2, 0.25) is 5.02 Å². The van der Waals surface area contributed by atoms with E-state index in [9.17, 15) is 4.79 Å². The maximum atomic E-state index is 12.3. The number of hydrogen-bond donors (Lipinski definition) is 1. The van der Waals surface area contributed by atoms with E-state index in [2.05, 4.69) is 43.8 Å². The highest BCUT2D eigenvalue weighted by molar-refractivity contribution is 14.1. The maximum absolute atomic E-state index is 12.3. The maximum Gasteiger partial charge on any atom is 0.257 e. The quantitative estimate of drug-likeness (QED) is 0.578. The SMILES string of the molecule is Cc1cc(NC(=O)c2cc(Br)ccc2Cl)c(C)cc1I. The first kappa shape index (κ1) is 15.8. The second kappa shape index (κ2) is 6.45. The largest absolute Gasteiger partial charge is 0.322 e. The second-order valence-corrected chi connectivity index (χ2v) is 6.98. The molecule has 0 aromatic heterocycles. The lowest BCUT2D eigenvalue weighted by Crippen LogP contribution is -2.13. The van der Waals surface area contributed by atoms with Crippen LogP contribution in [-0.4, -0.2) is 5.91 Å². The Morgan fingerprint density at radius 2 is 1.90 bits per heavy atom. The van der Waals surface area contributed by atoms with Crippen molar-refractivity contribution in [1.82, 2.24) is 0 Å². The molecule has 5 heteroatoms. The van der Waals surface area contributed by atoms with Gasteiger partial charge in [0.15, 0.2) is 0 Å². The number of carbonyl (C=O) groups excluding carboxylic acids is 1. The zero-order valence-corrected chi connectivity index (χ0v) is 15.4. The molecule has 0 saturated carbocycles. The summed E-state index contributed by atoms with van der Waals surface area (Å²) in [5.74, 6) is -0.208. The molecule has 104 valence electrons. The van der Waals surface area contributed by atoms with Crippen molar-refractivity contribution in [3.63, 3.8) is 0 Å². The Hall–Kier alpha value is -0.590. The number of aryl methyl sites for hydroxylation is 2. The summed E-state index contributed by atoms with van der Waals surface area (Å²) in [6.07, 6.45) is 0. The predicted octanol–water partition coefficient (Wildman–Crippen LogP) is 5.58. The van der Waals surface area contributed by atoms with Crippen LogP contribution in [-0.2, 0) is 0 Å². The number of rotatable bonds is 2. The Morgan fingerprint density at radius 1 is 1.20 bits per heavy atom. The fraction of sp³-hybridized carbons (Fsp3) is 0.133. The number of halogens is 3. The molecule has 1 amide bonds. The molecule has 0 aliphatic heterocycles. The minimum absolute atomic E-state index is 0.208. The van der Waals surface area contributed by atoms with Gasteiger partial charge in [0, 0.05) is 13.7 Å². The number of benzene rings is 2. The monoisotopic (exact) mass is 463 g/mol. The zero-order chi connectivity index (χ0) is 14.9. The standard InChI is InChI=1S/C15H12BrClINO/c1-8-6-14(9(2)5-13(8)18)19-15(20)11-7-10(16)3-4-12(11)17/h3-7H,1-2H3,(H,19,20). The molecule has 0 radical (unpaired) electrons. The Labute approximate surface area is 145 Å². The summed E-state index contributed by atoms with van der Waals surface area (Å²) in [5, 5.41) is 3.35. The highest BCUT2D eigenvalue weighted by atomic mass is 127. The molecule has 2 aromatic carbocycles. The van der Waals surface area contributed by atoms with Gasteiger partial charge in [-0.1, -0.05) is 27.5 Å². The third-order valence-corrected chi connectivity index (χ3v) is 4.91. The van der Waals surface area contributed by atoms with Crippen molar-refractivity contribution >= 4 is 61.7 Å². The number of amides is 1. The van der Waals surface area contributed by atoms with E-state index >= 15 is 0 Å². The van der Waals surface area contributed by atoms with Crippen LogP contribution in [0.4, 0.5) is 5.69 Å². The van der Waals surface area contributed by atoms with E-state index in [1.54, 1.807) is 18.2 Å². The van der Waals surface area contributed by atoms with Gasteiger partial charge in [-0.2, -0.15) is 0 Å². The number of hydrogen-bond acceptors (Lipinski definition) is 1. The molecule has 0 aliphatic carbocycles. The van der Waals surface area contributed by atoms with E-state index in [1.807, 2.05) is 26.0 Å². The van der Waals surface area contributed by atoms with Crippen molar-refractivity contribution in [2.45, 2.75) is 13.8 Å². The molecule has 0 heterocycles. The molecule has 0 bridgehead atoms. The van der Waals surface area contributed by atoms with Crippen molar-refractivity contribution in [2.75, 3.05) is 5.32 Å². The lowest BCUT2D eigenvalue weighted by Gasteiger charge is -2.12. The molecule has 0 unspecified atom stereocenters. The summed E-state index contributed by atoms with van der Waals surface area (Å²) >= 11 is 11.7. The smallest absolute Gasteiger partial charge is 0.257 e. The van der Waals surface area contributed by atoms with Crippen LogP contribution in [0.3, 0.4) is 0 Å². The minimum atomic E-state index is -0.208. The van der Waals surface area contributed by atoms with Crippen LogP contribution < -0.4 is 5.32 Å².